The molecule has 0 unspecified atom stereocenters. The first-order chi connectivity index (χ1) is 8.99. The maximum absolute atomic E-state index is 12.1. The Morgan fingerprint density at radius 3 is 2.58 bits per heavy atom. The topological polar surface area (TPSA) is 49.4 Å². The van der Waals surface area contributed by atoms with Gasteiger partial charge in [0.1, 0.15) is 0 Å². The van der Waals surface area contributed by atoms with Crippen LogP contribution in [0, 0.1) is 0 Å². The van der Waals surface area contributed by atoms with Gasteiger partial charge in [0.2, 0.25) is 10.0 Å². The predicted octanol–water partition coefficient (Wildman–Crippen LogP) is 2.46. The van der Waals surface area contributed by atoms with Gasteiger partial charge < -0.3 is 4.90 Å². The molecule has 0 aromatic heterocycles. The first kappa shape index (κ1) is 16.6. The minimum absolute atomic E-state index is 0.292. The standard InChI is InChI=1S/C13H21BrN2O2S/c1-3-9-16(4-2)10-8-15-19(17,18)13-7-5-6-12(14)11-13/h5-7,11,15H,3-4,8-10H2,1-2H3. The lowest BCUT2D eigenvalue weighted by Gasteiger charge is -2.19. The van der Waals surface area contributed by atoms with Gasteiger partial charge in [0.15, 0.2) is 0 Å². The number of benzene rings is 1. The summed E-state index contributed by atoms with van der Waals surface area (Å²) in [4.78, 5) is 2.52. The van der Waals surface area contributed by atoms with E-state index in [1.54, 1.807) is 24.3 Å². The van der Waals surface area contributed by atoms with Crippen LogP contribution in [0.2, 0.25) is 0 Å². The monoisotopic (exact) mass is 348 g/mol. The number of sulfonamides is 1. The lowest BCUT2D eigenvalue weighted by molar-refractivity contribution is 0.293. The predicted molar refractivity (Wildman–Crippen MR) is 81.7 cm³/mol. The highest BCUT2D eigenvalue weighted by atomic mass is 79.9. The average molecular weight is 349 g/mol. The summed E-state index contributed by atoms with van der Waals surface area (Å²) in [5.41, 5.74) is 0. The van der Waals surface area contributed by atoms with E-state index in [0.29, 0.717) is 11.4 Å². The van der Waals surface area contributed by atoms with Crippen molar-refractivity contribution < 1.29 is 8.42 Å². The average Bonchev–Trinajstić information content (AvgIpc) is 2.37. The molecule has 0 aliphatic carbocycles. The van der Waals surface area contributed by atoms with Crippen molar-refractivity contribution in [3.05, 3.63) is 28.7 Å². The maximum Gasteiger partial charge on any atom is 0.240 e. The van der Waals surface area contributed by atoms with E-state index < -0.39 is 10.0 Å². The molecule has 0 bridgehead atoms. The van der Waals surface area contributed by atoms with E-state index in [1.165, 1.54) is 0 Å². The number of nitrogens with one attached hydrogen (secondary N) is 1. The van der Waals surface area contributed by atoms with Crippen LogP contribution in [0.4, 0.5) is 0 Å². The molecule has 0 aliphatic rings. The number of hydrogen-bond acceptors (Lipinski definition) is 3. The Bertz CT molecular complexity index is 491. The summed E-state index contributed by atoms with van der Waals surface area (Å²) < 4.78 is 27.5. The smallest absolute Gasteiger partial charge is 0.240 e. The molecule has 1 rings (SSSR count). The summed E-state index contributed by atoms with van der Waals surface area (Å²) in [6.45, 7) is 7.30. The Labute approximate surface area is 124 Å². The quantitative estimate of drug-likeness (QED) is 0.784. The minimum atomic E-state index is -3.41. The van der Waals surface area contributed by atoms with Crippen molar-refractivity contribution in [1.29, 1.82) is 0 Å². The van der Waals surface area contributed by atoms with E-state index in [9.17, 15) is 8.42 Å². The third-order valence-electron chi connectivity index (χ3n) is 2.81. The van der Waals surface area contributed by atoms with Crippen molar-refractivity contribution in [3.8, 4) is 0 Å². The Kier molecular flexibility index (Phi) is 6.99. The van der Waals surface area contributed by atoms with Gasteiger partial charge in [-0.3, -0.25) is 0 Å². The van der Waals surface area contributed by atoms with Crippen molar-refractivity contribution in [2.45, 2.75) is 25.2 Å². The molecule has 0 atom stereocenters. The highest BCUT2D eigenvalue weighted by Crippen LogP contribution is 2.15. The van der Waals surface area contributed by atoms with E-state index in [4.69, 9.17) is 0 Å². The molecule has 1 N–H and O–H groups in total. The number of nitrogens with zero attached hydrogens (tertiary/aromatic N) is 1. The van der Waals surface area contributed by atoms with Crippen LogP contribution in [-0.2, 0) is 10.0 Å². The second kappa shape index (κ2) is 7.99. The SMILES string of the molecule is CCCN(CC)CCNS(=O)(=O)c1cccc(Br)c1. The third-order valence-corrected chi connectivity index (χ3v) is 4.77. The molecule has 0 amide bonds. The van der Waals surface area contributed by atoms with Crippen molar-refractivity contribution >= 4 is 26.0 Å². The van der Waals surface area contributed by atoms with E-state index >= 15 is 0 Å². The first-order valence-corrected chi connectivity index (χ1v) is 8.74. The number of rotatable bonds is 8. The second-order valence-electron chi connectivity index (χ2n) is 4.29. The zero-order chi connectivity index (χ0) is 14.3. The Morgan fingerprint density at radius 2 is 2.00 bits per heavy atom. The lowest BCUT2D eigenvalue weighted by atomic mass is 10.4. The maximum atomic E-state index is 12.1. The molecule has 0 saturated heterocycles. The van der Waals surface area contributed by atoms with Gasteiger partial charge in [-0.05, 0) is 37.7 Å². The van der Waals surface area contributed by atoms with Crippen molar-refractivity contribution in [1.82, 2.24) is 9.62 Å². The summed E-state index contributed by atoms with van der Waals surface area (Å²) in [5.74, 6) is 0. The van der Waals surface area contributed by atoms with Crippen LogP contribution in [-0.4, -0.2) is 39.5 Å². The van der Waals surface area contributed by atoms with Gasteiger partial charge in [0, 0.05) is 17.6 Å². The molecule has 19 heavy (non-hydrogen) atoms. The fraction of sp³-hybridized carbons (Fsp3) is 0.538. The van der Waals surface area contributed by atoms with E-state index in [-0.39, 0.29) is 0 Å². The van der Waals surface area contributed by atoms with Crippen LogP contribution < -0.4 is 4.72 Å². The molecule has 0 spiro atoms. The number of likely N-dealkylation sites (N-methyl/N-ethyl adjacent to an activating group) is 1. The van der Waals surface area contributed by atoms with Crippen LogP contribution in [0.25, 0.3) is 0 Å². The van der Waals surface area contributed by atoms with Crippen LogP contribution in [0.1, 0.15) is 20.3 Å². The molecule has 0 fully saturated rings. The molecule has 108 valence electrons. The summed E-state index contributed by atoms with van der Waals surface area (Å²) >= 11 is 3.28. The van der Waals surface area contributed by atoms with E-state index in [0.717, 1.165) is 30.5 Å². The second-order valence-corrected chi connectivity index (χ2v) is 6.97. The molecule has 0 aliphatic heterocycles. The zero-order valence-corrected chi connectivity index (χ0v) is 13.8. The summed E-state index contributed by atoms with van der Waals surface area (Å²) in [7, 11) is -3.41. The van der Waals surface area contributed by atoms with Gasteiger partial charge in [-0.2, -0.15) is 0 Å². The third kappa shape index (κ3) is 5.60. The normalized spacial score (nSPS) is 12.0. The van der Waals surface area contributed by atoms with Gasteiger partial charge in [-0.25, -0.2) is 13.1 Å². The lowest BCUT2D eigenvalue weighted by Crippen LogP contribution is -2.35. The molecule has 0 radical (unpaired) electrons. The molecule has 0 saturated carbocycles. The van der Waals surface area contributed by atoms with Crippen molar-refractivity contribution in [2.24, 2.45) is 0 Å². The molecule has 6 heteroatoms. The fourth-order valence-electron chi connectivity index (χ4n) is 1.80. The van der Waals surface area contributed by atoms with Gasteiger partial charge >= 0.3 is 0 Å². The molecule has 4 nitrogen and oxygen atoms in total. The summed E-state index contributed by atoms with van der Waals surface area (Å²) in [6, 6.07) is 6.72. The highest BCUT2D eigenvalue weighted by molar-refractivity contribution is 9.10. The van der Waals surface area contributed by atoms with Gasteiger partial charge in [0.25, 0.3) is 0 Å². The van der Waals surface area contributed by atoms with Crippen molar-refractivity contribution in [3.63, 3.8) is 0 Å². The Morgan fingerprint density at radius 1 is 1.26 bits per heavy atom. The molecular formula is C13H21BrN2O2S. The minimum Gasteiger partial charge on any atom is -0.302 e. The molecule has 1 aromatic carbocycles. The van der Waals surface area contributed by atoms with Crippen LogP contribution in [0.5, 0.6) is 0 Å². The van der Waals surface area contributed by atoms with Crippen LogP contribution in [0.15, 0.2) is 33.6 Å². The first-order valence-electron chi connectivity index (χ1n) is 6.47. The number of halogens is 1. The Hall–Kier alpha value is -0.430. The van der Waals surface area contributed by atoms with E-state index in [1.807, 2.05) is 0 Å². The van der Waals surface area contributed by atoms with Gasteiger partial charge in [-0.15, -0.1) is 0 Å². The zero-order valence-electron chi connectivity index (χ0n) is 11.4. The van der Waals surface area contributed by atoms with E-state index in [2.05, 4.69) is 39.4 Å². The van der Waals surface area contributed by atoms with Gasteiger partial charge in [0.05, 0.1) is 4.90 Å². The molecule has 1 aromatic rings. The van der Waals surface area contributed by atoms with Gasteiger partial charge in [-0.1, -0.05) is 35.8 Å². The van der Waals surface area contributed by atoms with Crippen LogP contribution >= 0.6 is 15.9 Å². The largest absolute Gasteiger partial charge is 0.302 e. The van der Waals surface area contributed by atoms with Crippen molar-refractivity contribution in [2.75, 3.05) is 26.2 Å². The summed E-state index contributed by atoms with van der Waals surface area (Å²) in [5, 5.41) is 0. The molecular weight excluding hydrogens is 328 g/mol. The fourth-order valence-corrected chi connectivity index (χ4v) is 3.42. The highest BCUT2D eigenvalue weighted by Gasteiger charge is 2.13. The molecule has 0 heterocycles. The Balaban J connectivity index is 2.56. The summed E-state index contributed by atoms with van der Waals surface area (Å²) in [6.07, 6.45) is 1.08. The number of hydrogen-bond donors (Lipinski definition) is 1. The van der Waals surface area contributed by atoms with Crippen LogP contribution in [0.3, 0.4) is 0 Å².